The molecule has 164 valence electrons. The molecule has 0 unspecified atom stereocenters. The van der Waals surface area contributed by atoms with Gasteiger partial charge in [-0.05, 0) is 36.1 Å². The van der Waals surface area contributed by atoms with Crippen LogP contribution < -0.4 is 15.9 Å². The minimum Gasteiger partial charge on any atom is -0.295 e. The van der Waals surface area contributed by atoms with Crippen LogP contribution in [0, 0.1) is 0 Å². The van der Waals surface area contributed by atoms with Crippen molar-refractivity contribution < 1.29 is 9.59 Å². The highest BCUT2D eigenvalue weighted by Crippen LogP contribution is 2.47. The predicted molar refractivity (Wildman–Crippen MR) is 141 cm³/mol. The number of rotatable bonds is 8. The van der Waals surface area contributed by atoms with Gasteiger partial charge in [0.25, 0.3) is 0 Å². The highest BCUT2D eigenvalue weighted by Gasteiger charge is 2.31. The van der Waals surface area contributed by atoms with E-state index >= 15 is 0 Å². The number of Topliss-reactive ketones (excluding diaryl/α,β-unsaturated/α-hetero) is 2. The first-order valence-electron chi connectivity index (χ1n) is 11.2. The van der Waals surface area contributed by atoms with Crippen molar-refractivity contribution in [1.82, 2.24) is 0 Å². The second-order valence-electron chi connectivity index (χ2n) is 7.97. The first kappa shape index (κ1) is 22.7. The fraction of sp³-hybridized carbons (Fsp3) is 0.100. The Bertz CT molecular complexity index is 1180. The number of hydrogen-bond acceptors (Lipinski definition) is 2. The molecule has 0 amide bonds. The fourth-order valence-electron chi connectivity index (χ4n) is 4.45. The van der Waals surface area contributed by atoms with Gasteiger partial charge in [0.1, 0.15) is 0 Å². The third-order valence-corrected chi connectivity index (χ3v) is 10.5. The van der Waals surface area contributed by atoms with Crippen LogP contribution in [-0.2, 0) is 4.79 Å². The Morgan fingerprint density at radius 3 is 1.27 bits per heavy atom. The maximum Gasteiger partial charge on any atom is 0.163 e. The molecule has 0 aliphatic carbocycles. The monoisotopic (exact) mass is 450 g/mol. The van der Waals surface area contributed by atoms with Gasteiger partial charge >= 0.3 is 0 Å². The topological polar surface area (TPSA) is 34.1 Å². The third-order valence-electron chi connectivity index (χ3n) is 5.93. The first-order chi connectivity index (χ1) is 16.1. The van der Waals surface area contributed by atoms with Crippen LogP contribution in [0.15, 0.2) is 121 Å². The zero-order valence-electron chi connectivity index (χ0n) is 18.7. The number of carbonyl (C=O) groups is 2. The molecule has 33 heavy (non-hydrogen) atoms. The molecule has 0 aliphatic heterocycles. The Balaban J connectivity index is 2.00. The molecule has 0 fully saturated rings. The lowest BCUT2D eigenvalue weighted by molar-refractivity contribution is -0.111. The van der Waals surface area contributed by atoms with Crippen LogP contribution in [0.1, 0.15) is 30.1 Å². The van der Waals surface area contributed by atoms with Crippen molar-refractivity contribution in [3.05, 3.63) is 127 Å². The molecule has 0 saturated heterocycles. The molecule has 0 saturated carbocycles. The number of benzene rings is 4. The lowest BCUT2D eigenvalue weighted by Crippen LogP contribution is -2.33. The van der Waals surface area contributed by atoms with E-state index in [2.05, 4.69) is 36.4 Å². The molecule has 4 aromatic rings. The lowest BCUT2D eigenvalue weighted by atomic mass is 10.0. The van der Waals surface area contributed by atoms with E-state index in [1.807, 2.05) is 84.9 Å². The summed E-state index contributed by atoms with van der Waals surface area (Å²) in [7, 11) is 0. The van der Waals surface area contributed by atoms with Crippen LogP contribution in [0.4, 0.5) is 0 Å². The molecule has 0 aromatic heterocycles. The Hall–Kier alpha value is -3.48. The van der Waals surface area contributed by atoms with Crippen LogP contribution >= 0.6 is 6.89 Å². The van der Waals surface area contributed by atoms with Gasteiger partial charge in [-0.3, -0.25) is 9.59 Å². The second kappa shape index (κ2) is 10.4. The Labute approximate surface area is 195 Å². The van der Waals surface area contributed by atoms with Crippen LogP contribution in [0.5, 0.6) is 0 Å². The van der Waals surface area contributed by atoms with Gasteiger partial charge < -0.3 is 0 Å². The summed E-state index contributed by atoms with van der Waals surface area (Å²) in [4.78, 5) is 26.3. The standard InChI is InChI=1S/C30H27O2P/c1-24(31)30(23-22-29(32)25-14-6-2-7-15-25)33(26-16-8-3-9-17-26,27-18-10-4-11-19-27)28-20-12-5-13-21-28/h2-21H,22-23H2,1H3. The van der Waals surface area contributed by atoms with Gasteiger partial charge in [0.15, 0.2) is 11.6 Å². The Morgan fingerprint density at radius 2 is 0.909 bits per heavy atom. The van der Waals surface area contributed by atoms with Gasteiger partial charge in [-0.2, -0.15) is 0 Å². The van der Waals surface area contributed by atoms with Gasteiger partial charge in [-0.1, -0.05) is 121 Å². The first-order valence-corrected chi connectivity index (χ1v) is 12.9. The zero-order chi connectivity index (χ0) is 23.1. The van der Waals surface area contributed by atoms with Crippen molar-refractivity contribution in [2.24, 2.45) is 0 Å². The van der Waals surface area contributed by atoms with E-state index in [1.54, 1.807) is 6.92 Å². The molecule has 0 aliphatic rings. The molecule has 4 aromatic carbocycles. The summed E-state index contributed by atoms with van der Waals surface area (Å²) in [5.41, 5.74) is 0.684. The van der Waals surface area contributed by atoms with E-state index in [-0.39, 0.29) is 11.6 Å². The molecule has 0 atom stereocenters. The van der Waals surface area contributed by atoms with Crippen molar-refractivity contribution in [1.29, 1.82) is 0 Å². The van der Waals surface area contributed by atoms with Gasteiger partial charge in [-0.15, -0.1) is 0 Å². The summed E-state index contributed by atoms with van der Waals surface area (Å²) in [6.45, 7) is -0.808. The van der Waals surface area contributed by atoms with Crippen molar-refractivity contribution in [2.75, 3.05) is 0 Å². The van der Waals surface area contributed by atoms with Gasteiger partial charge in [0, 0.05) is 17.3 Å². The average Bonchev–Trinajstić information content (AvgIpc) is 2.88. The minimum absolute atomic E-state index is 0.0424. The summed E-state index contributed by atoms with van der Waals surface area (Å²) < 4.78 is 0. The highest BCUT2D eigenvalue weighted by atomic mass is 31.2. The number of hydrogen-bond donors (Lipinski definition) is 0. The van der Waals surface area contributed by atoms with Crippen LogP contribution in [0.3, 0.4) is 0 Å². The Kier molecular flexibility index (Phi) is 7.17. The van der Waals surface area contributed by atoms with Crippen LogP contribution in [0.25, 0.3) is 0 Å². The second-order valence-corrected chi connectivity index (χ2v) is 11.4. The summed E-state index contributed by atoms with van der Waals surface area (Å²) in [6.07, 6.45) is 0.725. The van der Waals surface area contributed by atoms with E-state index in [9.17, 15) is 9.59 Å². The van der Waals surface area contributed by atoms with E-state index in [0.29, 0.717) is 18.4 Å². The van der Waals surface area contributed by atoms with Gasteiger partial charge in [-0.25, -0.2) is 0 Å². The van der Waals surface area contributed by atoms with Crippen molar-refractivity contribution in [3.63, 3.8) is 0 Å². The van der Waals surface area contributed by atoms with E-state index in [0.717, 1.165) is 21.2 Å². The summed E-state index contributed by atoms with van der Waals surface area (Å²) in [5, 5.41) is 4.20. The smallest absolute Gasteiger partial charge is 0.163 e. The Morgan fingerprint density at radius 1 is 0.545 bits per heavy atom. The molecule has 0 spiro atoms. The number of ketones is 2. The quantitative estimate of drug-likeness (QED) is 0.266. The predicted octanol–water partition coefficient (Wildman–Crippen LogP) is 5.41. The van der Waals surface area contributed by atoms with Gasteiger partial charge in [0.2, 0.25) is 0 Å². The molecule has 3 heteroatoms. The molecule has 4 rings (SSSR count). The fourth-order valence-corrected chi connectivity index (χ4v) is 9.06. The molecule has 2 nitrogen and oxygen atoms in total. The maximum absolute atomic E-state index is 13.3. The van der Waals surface area contributed by atoms with E-state index < -0.39 is 6.89 Å². The molecule has 0 heterocycles. The van der Waals surface area contributed by atoms with E-state index in [1.165, 1.54) is 0 Å². The zero-order valence-corrected chi connectivity index (χ0v) is 19.6. The summed E-state index contributed by atoms with van der Waals surface area (Å²) in [5.74, 6) is 0.0994. The maximum atomic E-state index is 13.3. The van der Waals surface area contributed by atoms with Crippen LogP contribution in [-0.4, -0.2) is 16.9 Å². The van der Waals surface area contributed by atoms with Gasteiger partial charge in [0.05, 0.1) is 0 Å². The summed E-state index contributed by atoms with van der Waals surface area (Å²) in [6, 6.07) is 40.2. The largest absolute Gasteiger partial charge is 0.295 e. The van der Waals surface area contributed by atoms with E-state index in [4.69, 9.17) is 0 Å². The van der Waals surface area contributed by atoms with Crippen molar-refractivity contribution in [2.45, 2.75) is 19.8 Å². The molecule has 0 bridgehead atoms. The molecule has 0 N–H and O–H groups in total. The molecular weight excluding hydrogens is 423 g/mol. The third kappa shape index (κ3) is 4.67. The molecular formula is C30H27O2P. The minimum atomic E-state index is -2.45. The van der Waals surface area contributed by atoms with Crippen LogP contribution in [0.2, 0.25) is 0 Å². The SMILES string of the molecule is CC(=O)C(CCC(=O)c1ccccc1)=P(c1ccccc1)(c1ccccc1)c1ccccc1. The highest BCUT2D eigenvalue weighted by molar-refractivity contribution is 7.96. The lowest BCUT2D eigenvalue weighted by Gasteiger charge is -2.32. The molecule has 0 radical (unpaired) electrons. The summed E-state index contributed by atoms with van der Waals surface area (Å²) >= 11 is 0. The van der Waals surface area contributed by atoms with Crippen molar-refractivity contribution in [3.8, 4) is 0 Å². The normalized spacial score (nSPS) is 11.1. The van der Waals surface area contributed by atoms with Crippen molar-refractivity contribution >= 4 is 39.7 Å². The number of carbonyl (C=O) groups excluding carboxylic acids is 2. The average molecular weight is 451 g/mol.